The van der Waals surface area contributed by atoms with Crippen molar-refractivity contribution in [2.45, 2.75) is 19.0 Å². The van der Waals surface area contributed by atoms with Crippen molar-refractivity contribution in [3.05, 3.63) is 11.9 Å². The molecule has 1 heterocycles. The fourth-order valence-electron chi connectivity index (χ4n) is 1.21. The van der Waals surface area contributed by atoms with Crippen molar-refractivity contribution < 1.29 is 10.2 Å². The Morgan fingerprint density at radius 2 is 2.31 bits per heavy atom. The molecule has 1 unspecified atom stereocenters. The van der Waals surface area contributed by atoms with Crippen LogP contribution in [-0.2, 0) is 6.54 Å². The van der Waals surface area contributed by atoms with Gasteiger partial charge in [0.25, 0.3) is 0 Å². The van der Waals surface area contributed by atoms with E-state index in [0.717, 1.165) is 0 Å². The van der Waals surface area contributed by atoms with Gasteiger partial charge in [-0.05, 0) is 6.42 Å². The summed E-state index contributed by atoms with van der Waals surface area (Å²) in [5.41, 5.74) is 0.522. The summed E-state index contributed by atoms with van der Waals surface area (Å²) in [5, 5.41) is 36.7. The first-order chi connectivity index (χ1) is 7.81. The van der Waals surface area contributed by atoms with Gasteiger partial charge in [0.05, 0.1) is 18.9 Å². The van der Waals surface area contributed by atoms with Crippen LogP contribution in [0, 0.1) is 11.3 Å². The van der Waals surface area contributed by atoms with Crippen LogP contribution in [-0.4, -0.2) is 45.0 Å². The van der Waals surface area contributed by atoms with Crippen LogP contribution in [0.2, 0.25) is 0 Å². The van der Waals surface area contributed by atoms with Gasteiger partial charge < -0.3 is 10.2 Å². The van der Waals surface area contributed by atoms with E-state index in [-0.39, 0.29) is 13.2 Å². The quantitative estimate of drug-likeness (QED) is 0.538. The predicted molar refractivity (Wildman–Crippen MR) is 55.2 cm³/mol. The summed E-state index contributed by atoms with van der Waals surface area (Å²) in [6.45, 7) is 0.972. The standard InChI is InChI=1S/C9H15N5O2/c10-6-8(11-2-5-16)9-7-14(13-12-9)3-1-4-15/h7-8,11,15-16H,1-5H2. The molecule has 1 atom stereocenters. The van der Waals surface area contributed by atoms with Crippen LogP contribution in [0.25, 0.3) is 0 Å². The number of aryl methyl sites for hydroxylation is 1. The second-order valence-corrected chi connectivity index (χ2v) is 3.22. The SMILES string of the molecule is N#CC(NCCO)c1cn(CCCO)nn1. The zero-order valence-corrected chi connectivity index (χ0v) is 8.87. The Kier molecular flexibility index (Phi) is 5.42. The smallest absolute Gasteiger partial charge is 0.142 e. The van der Waals surface area contributed by atoms with E-state index in [9.17, 15) is 0 Å². The Hall–Kier alpha value is -1.49. The van der Waals surface area contributed by atoms with Crippen molar-refractivity contribution in [2.75, 3.05) is 19.8 Å². The summed E-state index contributed by atoms with van der Waals surface area (Å²) in [5.74, 6) is 0. The maximum absolute atomic E-state index is 8.88. The van der Waals surface area contributed by atoms with Crippen LogP contribution in [0.3, 0.4) is 0 Å². The Bertz CT molecular complexity index is 346. The predicted octanol–water partition coefficient (Wildman–Crippen LogP) is -1.19. The van der Waals surface area contributed by atoms with E-state index in [1.165, 1.54) is 0 Å². The first kappa shape index (κ1) is 12.6. The minimum absolute atomic E-state index is 0.0309. The number of hydrogen-bond donors (Lipinski definition) is 3. The van der Waals surface area contributed by atoms with E-state index in [4.69, 9.17) is 15.5 Å². The number of rotatable bonds is 7. The van der Waals surface area contributed by atoms with Crippen molar-refractivity contribution in [3.63, 3.8) is 0 Å². The average molecular weight is 225 g/mol. The van der Waals surface area contributed by atoms with E-state index < -0.39 is 6.04 Å². The summed E-state index contributed by atoms with van der Waals surface area (Å²) in [7, 11) is 0. The number of aliphatic hydroxyl groups excluding tert-OH is 2. The summed E-state index contributed by atoms with van der Waals surface area (Å²) >= 11 is 0. The molecule has 0 fully saturated rings. The zero-order valence-electron chi connectivity index (χ0n) is 8.87. The lowest BCUT2D eigenvalue weighted by Crippen LogP contribution is -2.23. The fourth-order valence-corrected chi connectivity index (χ4v) is 1.21. The van der Waals surface area contributed by atoms with Crippen LogP contribution in [0.5, 0.6) is 0 Å². The maximum Gasteiger partial charge on any atom is 0.142 e. The average Bonchev–Trinajstić information content (AvgIpc) is 2.76. The molecule has 0 saturated heterocycles. The van der Waals surface area contributed by atoms with Crippen LogP contribution < -0.4 is 5.32 Å². The summed E-state index contributed by atoms with van der Waals surface area (Å²) in [6, 6.07) is 1.47. The number of aromatic nitrogens is 3. The van der Waals surface area contributed by atoms with Crippen molar-refractivity contribution in [3.8, 4) is 6.07 Å². The molecule has 88 valence electrons. The van der Waals surface area contributed by atoms with Crippen molar-refractivity contribution in [2.24, 2.45) is 0 Å². The van der Waals surface area contributed by atoms with Crippen molar-refractivity contribution >= 4 is 0 Å². The molecule has 0 aliphatic rings. The number of nitrogens with one attached hydrogen (secondary N) is 1. The molecule has 7 heteroatoms. The Morgan fingerprint density at radius 1 is 1.50 bits per heavy atom. The van der Waals surface area contributed by atoms with Gasteiger partial charge in [-0.3, -0.25) is 10.00 Å². The van der Waals surface area contributed by atoms with Gasteiger partial charge in [0.2, 0.25) is 0 Å². The highest BCUT2D eigenvalue weighted by Crippen LogP contribution is 2.07. The molecule has 0 radical (unpaired) electrons. The van der Waals surface area contributed by atoms with Gasteiger partial charge >= 0.3 is 0 Å². The third kappa shape index (κ3) is 3.58. The molecule has 7 nitrogen and oxygen atoms in total. The maximum atomic E-state index is 8.88. The third-order valence-electron chi connectivity index (χ3n) is 1.99. The van der Waals surface area contributed by atoms with Crippen LogP contribution in [0.1, 0.15) is 18.2 Å². The highest BCUT2D eigenvalue weighted by Gasteiger charge is 2.13. The van der Waals surface area contributed by atoms with E-state index in [1.54, 1.807) is 10.9 Å². The van der Waals surface area contributed by atoms with Gasteiger partial charge in [0, 0.05) is 19.7 Å². The second-order valence-electron chi connectivity index (χ2n) is 3.22. The zero-order chi connectivity index (χ0) is 11.8. The van der Waals surface area contributed by atoms with E-state index in [2.05, 4.69) is 15.6 Å². The highest BCUT2D eigenvalue weighted by molar-refractivity contribution is 5.10. The molecular weight excluding hydrogens is 210 g/mol. The van der Waals surface area contributed by atoms with E-state index >= 15 is 0 Å². The van der Waals surface area contributed by atoms with Crippen LogP contribution >= 0.6 is 0 Å². The number of hydrogen-bond acceptors (Lipinski definition) is 6. The fraction of sp³-hybridized carbons (Fsp3) is 0.667. The van der Waals surface area contributed by atoms with Gasteiger partial charge in [-0.25, -0.2) is 0 Å². The molecule has 1 aromatic rings. The topological polar surface area (TPSA) is 107 Å². The Labute approximate surface area is 93.3 Å². The van der Waals surface area contributed by atoms with Crippen LogP contribution in [0.15, 0.2) is 6.20 Å². The lowest BCUT2D eigenvalue weighted by molar-refractivity contribution is 0.276. The minimum Gasteiger partial charge on any atom is -0.396 e. The first-order valence-corrected chi connectivity index (χ1v) is 5.06. The third-order valence-corrected chi connectivity index (χ3v) is 1.99. The Balaban J connectivity index is 2.57. The monoisotopic (exact) mass is 225 g/mol. The molecular formula is C9H15N5O2. The van der Waals surface area contributed by atoms with E-state index in [1.807, 2.05) is 6.07 Å². The molecule has 16 heavy (non-hydrogen) atoms. The number of nitriles is 1. The minimum atomic E-state index is -0.560. The molecule has 0 aliphatic heterocycles. The summed E-state index contributed by atoms with van der Waals surface area (Å²) in [4.78, 5) is 0. The molecule has 0 saturated carbocycles. The first-order valence-electron chi connectivity index (χ1n) is 5.06. The molecule has 0 aromatic carbocycles. The largest absolute Gasteiger partial charge is 0.396 e. The molecule has 0 aliphatic carbocycles. The van der Waals surface area contributed by atoms with Crippen LogP contribution in [0.4, 0.5) is 0 Å². The Morgan fingerprint density at radius 3 is 2.94 bits per heavy atom. The van der Waals surface area contributed by atoms with Gasteiger partial charge in [0.15, 0.2) is 0 Å². The highest BCUT2D eigenvalue weighted by atomic mass is 16.3. The van der Waals surface area contributed by atoms with Crippen molar-refractivity contribution in [1.82, 2.24) is 20.3 Å². The summed E-state index contributed by atoms with van der Waals surface area (Å²) in [6.07, 6.45) is 2.26. The second kappa shape index (κ2) is 6.90. The van der Waals surface area contributed by atoms with Gasteiger partial charge in [-0.15, -0.1) is 5.10 Å². The van der Waals surface area contributed by atoms with Gasteiger partial charge in [-0.2, -0.15) is 5.26 Å². The molecule has 1 aromatic heterocycles. The van der Waals surface area contributed by atoms with E-state index in [0.29, 0.717) is 25.2 Å². The molecule has 0 amide bonds. The molecule has 0 bridgehead atoms. The molecule has 3 N–H and O–H groups in total. The molecule has 0 spiro atoms. The lowest BCUT2D eigenvalue weighted by Gasteiger charge is -2.05. The summed E-state index contributed by atoms with van der Waals surface area (Å²) < 4.78 is 1.58. The number of nitrogens with zero attached hydrogens (tertiary/aromatic N) is 4. The number of aliphatic hydroxyl groups is 2. The van der Waals surface area contributed by atoms with Crippen molar-refractivity contribution in [1.29, 1.82) is 5.26 Å². The molecule has 1 rings (SSSR count). The normalized spacial score (nSPS) is 12.3. The lowest BCUT2D eigenvalue weighted by atomic mass is 10.2. The van der Waals surface area contributed by atoms with Gasteiger partial charge in [-0.1, -0.05) is 5.21 Å². The van der Waals surface area contributed by atoms with Gasteiger partial charge in [0.1, 0.15) is 11.7 Å².